The summed E-state index contributed by atoms with van der Waals surface area (Å²) in [5.41, 5.74) is 4.73. The first-order valence-corrected chi connectivity index (χ1v) is 6.46. The maximum absolute atomic E-state index is 13.8. The topological polar surface area (TPSA) is 32.5 Å². The first-order chi connectivity index (χ1) is 9.41. The van der Waals surface area contributed by atoms with Crippen molar-refractivity contribution < 1.29 is 17.6 Å². The van der Waals surface area contributed by atoms with Crippen LogP contribution in [0.25, 0.3) is 0 Å². The summed E-state index contributed by atoms with van der Waals surface area (Å²) in [5, 5.41) is 0. The molecule has 0 amide bonds. The van der Waals surface area contributed by atoms with E-state index in [9.17, 15) is 17.6 Å². The molecule has 1 fully saturated rings. The van der Waals surface area contributed by atoms with Crippen molar-refractivity contribution in [2.24, 2.45) is 5.73 Å². The SMILES string of the molecule is NCCN1CCN(c2ccc(C(F)(F)F)cc2F)CC1. The van der Waals surface area contributed by atoms with E-state index in [0.717, 1.165) is 25.7 Å². The summed E-state index contributed by atoms with van der Waals surface area (Å²) < 4.78 is 51.3. The van der Waals surface area contributed by atoms with E-state index in [1.54, 1.807) is 4.90 Å². The number of piperazine rings is 1. The molecule has 2 N–H and O–H groups in total. The Hall–Kier alpha value is -1.34. The van der Waals surface area contributed by atoms with Gasteiger partial charge in [-0.2, -0.15) is 13.2 Å². The monoisotopic (exact) mass is 291 g/mol. The van der Waals surface area contributed by atoms with Crippen molar-refractivity contribution in [2.75, 3.05) is 44.2 Å². The smallest absolute Gasteiger partial charge is 0.367 e. The maximum atomic E-state index is 13.8. The third kappa shape index (κ3) is 3.40. The number of hydrogen-bond acceptors (Lipinski definition) is 3. The van der Waals surface area contributed by atoms with E-state index in [1.165, 1.54) is 6.07 Å². The molecule has 2 rings (SSSR count). The van der Waals surface area contributed by atoms with E-state index in [0.29, 0.717) is 25.7 Å². The standard InChI is InChI=1S/C13H17F4N3/c14-11-9-10(13(15,16)17)1-2-12(11)20-7-5-19(4-3-18)6-8-20/h1-2,9H,3-8,18H2. The molecule has 1 aromatic rings. The third-order valence-corrected chi connectivity index (χ3v) is 3.43. The van der Waals surface area contributed by atoms with Gasteiger partial charge in [-0.05, 0) is 18.2 Å². The van der Waals surface area contributed by atoms with Crippen molar-refractivity contribution in [1.82, 2.24) is 4.90 Å². The fourth-order valence-electron chi connectivity index (χ4n) is 2.33. The second-order valence-corrected chi connectivity index (χ2v) is 4.78. The summed E-state index contributed by atoms with van der Waals surface area (Å²) in [6, 6.07) is 2.68. The Kier molecular flexibility index (Phi) is 4.49. The number of hydrogen-bond donors (Lipinski definition) is 1. The Morgan fingerprint density at radius 2 is 1.75 bits per heavy atom. The number of halogens is 4. The Bertz CT molecular complexity index is 453. The lowest BCUT2D eigenvalue weighted by Crippen LogP contribution is -2.48. The van der Waals surface area contributed by atoms with Gasteiger partial charge in [0.2, 0.25) is 0 Å². The molecule has 1 aliphatic heterocycles. The number of alkyl halides is 3. The number of benzene rings is 1. The maximum Gasteiger partial charge on any atom is 0.416 e. The molecule has 3 nitrogen and oxygen atoms in total. The van der Waals surface area contributed by atoms with Gasteiger partial charge in [-0.15, -0.1) is 0 Å². The van der Waals surface area contributed by atoms with Gasteiger partial charge in [-0.25, -0.2) is 4.39 Å². The molecule has 1 heterocycles. The van der Waals surface area contributed by atoms with E-state index in [4.69, 9.17) is 5.73 Å². The van der Waals surface area contributed by atoms with E-state index in [1.807, 2.05) is 0 Å². The summed E-state index contributed by atoms with van der Waals surface area (Å²) in [6.07, 6.45) is -4.51. The van der Waals surface area contributed by atoms with Crippen LogP contribution in [0, 0.1) is 5.82 Å². The lowest BCUT2D eigenvalue weighted by Gasteiger charge is -2.36. The zero-order valence-corrected chi connectivity index (χ0v) is 11.0. The lowest BCUT2D eigenvalue weighted by atomic mass is 10.1. The number of nitrogens with zero attached hydrogens (tertiary/aromatic N) is 2. The molecule has 0 saturated carbocycles. The summed E-state index contributed by atoms with van der Waals surface area (Å²) in [7, 11) is 0. The number of rotatable bonds is 3. The Morgan fingerprint density at radius 1 is 1.10 bits per heavy atom. The molecule has 1 saturated heterocycles. The average molecular weight is 291 g/mol. The van der Waals surface area contributed by atoms with Gasteiger partial charge in [-0.3, -0.25) is 4.90 Å². The Morgan fingerprint density at radius 3 is 2.25 bits per heavy atom. The minimum atomic E-state index is -4.51. The van der Waals surface area contributed by atoms with Crippen molar-refractivity contribution in [2.45, 2.75) is 6.18 Å². The van der Waals surface area contributed by atoms with Crippen molar-refractivity contribution in [3.05, 3.63) is 29.6 Å². The van der Waals surface area contributed by atoms with Gasteiger partial charge < -0.3 is 10.6 Å². The fraction of sp³-hybridized carbons (Fsp3) is 0.538. The van der Waals surface area contributed by atoms with E-state index in [-0.39, 0.29) is 5.69 Å². The molecule has 1 aromatic carbocycles. The van der Waals surface area contributed by atoms with Crippen LogP contribution in [0.1, 0.15) is 5.56 Å². The van der Waals surface area contributed by atoms with Crippen molar-refractivity contribution in [3.63, 3.8) is 0 Å². The van der Waals surface area contributed by atoms with Gasteiger partial charge in [0.1, 0.15) is 5.82 Å². The molecule has 112 valence electrons. The molecule has 1 aliphatic rings. The molecular formula is C13H17F4N3. The highest BCUT2D eigenvalue weighted by Gasteiger charge is 2.31. The molecule has 7 heteroatoms. The molecule has 20 heavy (non-hydrogen) atoms. The van der Waals surface area contributed by atoms with Crippen LogP contribution in [0.15, 0.2) is 18.2 Å². The van der Waals surface area contributed by atoms with Crippen LogP contribution in [0.4, 0.5) is 23.2 Å². The third-order valence-electron chi connectivity index (χ3n) is 3.43. The van der Waals surface area contributed by atoms with Gasteiger partial charge in [0.25, 0.3) is 0 Å². The molecule has 0 atom stereocenters. The minimum Gasteiger partial charge on any atom is -0.367 e. The second kappa shape index (κ2) is 5.97. The molecule has 0 radical (unpaired) electrons. The molecule has 0 bridgehead atoms. The van der Waals surface area contributed by atoms with Gasteiger partial charge in [-0.1, -0.05) is 0 Å². The number of anilines is 1. The largest absolute Gasteiger partial charge is 0.416 e. The van der Waals surface area contributed by atoms with Crippen LogP contribution in [0.3, 0.4) is 0 Å². The van der Waals surface area contributed by atoms with Crippen LogP contribution < -0.4 is 10.6 Å². The van der Waals surface area contributed by atoms with E-state index in [2.05, 4.69) is 4.90 Å². The van der Waals surface area contributed by atoms with Crippen LogP contribution in [-0.2, 0) is 6.18 Å². The van der Waals surface area contributed by atoms with Crippen molar-refractivity contribution in [3.8, 4) is 0 Å². The van der Waals surface area contributed by atoms with Crippen LogP contribution >= 0.6 is 0 Å². The average Bonchev–Trinajstić information content (AvgIpc) is 2.39. The number of nitrogens with two attached hydrogens (primary N) is 1. The normalized spacial score (nSPS) is 17.6. The Balaban J connectivity index is 2.07. The zero-order valence-electron chi connectivity index (χ0n) is 11.0. The summed E-state index contributed by atoms with van der Waals surface area (Å²) >= 11 is 0. The predicted octanol–water partition coefficient (Wildman–Crippen LogP) is 1.93. The van der Waals surface area contributed by atoms with E-state index < -0.39 is 17.6 Å². The van der Waals surface area contributed by atoms with Crippen LogP contribution in [-0.4, -0.2) is 44.2 Å². The first kappa shape index (κ1) is 15.1. The van der Waals surface area contributed by atoms with Gasteiger partial charge in [0.05, 0.1) is 11.3 Å². The first-order valence-electron chi connectivity index (χ1n) is 6.46. The fourth-order valence-corrected chi connectivity index (χ4v) is 2.33. The Labute approximate surface area is 115 Å². The minimum absolute atomic E-state index is 0.227. The zero-order chi connectivity index (χ0) is 14.8. The highest BCUT2D eigenvalue weighted by atomic mass is 19.4. The van der Waals surface area contributed by atoms with Crippen LogP contribution in [0.5, 0.6) is 0 Å². The van der Waals surface area contributed by atoms with Gasteiger partial charge in [0, 0.05) is 39.3 Å². The highest BCUT2D eigenvalue weighted by Crippen LogP contribution is 2.32. The highest BCUT2D eigenvalue weighted by molar-refractivity contribution is 5.50. The summed E-state index contributed by atoms with van der Waals surface area (Å²) in [6.45, 7) is 3.98. The van der Waals surface area contributed by atoms with Gasteiger partial charge >= 0.3 is 6.18 Å². The molecule has 0 unspecified atom stereocenters. The molecule has 0 aliphatic carbocycles. The molecule has 0 spiro atoms. The summed E-state index contributed by atoms with van der Waals surface area (Å²) in [5.74, 6) is -0.827. The quantitative estimate of drug-likeness (QED) is 0.864. The molecule has 0 aromatic heterocycles. The predicted molar refractivity (Wildman–Crippen MR) is 69.1 cm³/mol. The second-order valence-electron chi connectivity index (χ2n) is 4.78. The van der Waals surface area contributed by atoms with Crippen molar-refractivity contribution in [1.29, 1.82) is 0 Å². The van der Waals surface area contributed by atoms with Crippen LogP contribution in [0.2, 0.25) is 0 Å². The lowest BCUT2D eigenvalue weighted by molar-refractivity contribution is -0.137. The summed E-state index contributed by atoms with van der Waals surface area (Å²) in [4.78, 5) is 3.92. The van der Waals surface area contributed by atoms with Gasteiger partial charge in [0.15, 0.2) is 0 Å². The van der Waals surface area contributed by atoms with E-state index >= 15 is 0 Å². The molecular weight excluding hydrogens is 274 g/mol. The van der Waals surface area contributed by atoms with Crippen molar-refractivity contribution >= 4 is 5.69 Å².